The van der Waals surface area contributed by atoms with E-state index in [2.05, 4.69) is 0 Å². The molecule has 0 spiro atoms. The molecule has 3 aliphatic rings. The van der Waals surface area contributed by atoms with Gasteiger partial charge in [0.15, 0.2) is 0 Å². The van der Waals surface area contributed by atoms with E-state index in [0.29, 0.717) is 0 Å². The average molecular weight is 1140 g/mol. The lowest BCUT2D eigenvalue weighted by Crippen LogP contribution is -2.75. The average Bonchev–Trinajstić information content (AvgIpc) is 3.31. The summed E-state index contributed by atoms with van der Waals surface area (Å²) in [6.45, 7) is 0. The zero-order valence-electron chi connectivity index (χ0n) is 39.4. The molecule has 4 aromatic rings. The third kappa shape index (κ3) is 14.3. The maximum absolute atomic E-state index is 14.2. The van der Waals surface area contributed by atoms with Crippen LogP contribution in [0.5, 0.6) is 0 Å². The molecule has 0 bridgehead atoms. The van der Waals surface area contributed by atoms with Crippen LogP contribution in [0.3, 0.4) is 0 Å². The smallest absolute Gasteiger partial charge is 0.194 e. The molecule has 76 heavy (non-hydrogen) atoms. The van der Waals surface area contributed by atoms with E-state index >= 15 is 0 Å². The first-order valence-electron chi connectivity index (χ1n) is 23.9. The van der Waals surface area contributed by atoms with Gasteiger partial charge in [0.2, 0.25) is 0 Å². The van der Waals surface area contributed by atoms with Crippen LogP contribution in [0.4, 0.5) is 105 Å². The van der Waals surface area contributed by atoms with Crippen molar-refractivity contribution < 1.29 is 105 Å². The Bertz CT molecular complexity index is 2130. The summed E-state index contributed by atoms with van der Waals surface area (Å²) in [7, 11) is -0.0465. The highest BCUT2D eigenvalue weighted by Crippen LogP contribution is 2.61. The minimum atomic E-state index is -6.13. The van der Waals surface area contributed by atoms with Gasteiger partial charge in [-0.05, 0) is 101 Å². The molecule has 0 unspecified atom stereocenters. The van der Waals surface area contributed by atoms with Gasteiger partial charge in [0, 0.05) is 7.92 Å². The highest BCUT2D eigenvalue weighted by Gasteiger charge is 2.48. The van der Waals surface area contributed by atoms with Gasteiger partial charge in [0.1, 0.15) is 6.15 Å². The SMILES string of the molecule is C1CCC([PH+](C2CCCCC2)C2CCCCC2)CC1.FC(F)(F)c1cc([B-](c2cc(C(F)(F)F)cc(C(F)(F)F)c2)(c2cc(C(F)(F)F)cc(C(F)(F)F)c2)c2cc(C(F)(F)F)cc(C(F)(F)F)c2)cc(C(F)(F)F)c1. The van der Waals surface area contributed by atoms with Crippen molar-refractivity contribution in [3.8, 4) is 0 Å². The summed E-state index contributed by atoms with van der Waals surface area (Å²) in [4.78, 5) is 0. The summed E-state index contributed by atoms with van der Waals surface area (Å²) < 4.78 is 341. The molecular weight excluding hydrogens is 1100 g/mol. The van der Waals surface area contributed by atoms with E-state index in [4.69, 9.17) is 0 Å². The molecule has 7 rings (SSSR count). The lowest BCUT2D eigenvalue weighted by Gasteiger charge is -2.46. The van der Waals surface area contributed by atoms with Gasteiger partial charge in [-0.1, -0.05) is 67.8 Å². The predicted molar refractivity (Wildman–Crippen MR) is 239 cm³/mol. The summed E-state index contributed by atoms with van der Waals surface area (Å²) >= 11 is 0. The van der Waals surface area contributed by atoms with Crippen LogP contribution in [-0.4, -0.2) is 23.1 Å². The van der Waals surface area contributed by atoms with E-state index in [9.17, 15) is 105 Å². The topological polar surface area (TPSA) is 0 Å². The highest BCUT2D eigenvalue weighted by molar-refractivity contribution is 7.60. The lowest BCUT2D eigenvalue weighted by molar-refractivity contribution is -0.144. The maximum Gasteiger partial charge on any atom is 0.416 e. The van der Waals surface area contributed by atoms with Gasteiger partial charge in [-0.15, -0.1) is 0 Å². The van der Waals surface area contributed by atoms with Gasteiger partial charge in [-0.25, -0.2) is 0 Å². The van der Waals surface area contributed by atoms with E-state index in [0.717, 1.165) is 0 Å². The zero-order chi connectivity index (χ0) is 56.8. The first-order chi connectivity index (χ1) is 34.7. The normalized spacial score (nSPS) is 18.0. The Hall–Kier alpha value is -4.31. The molecule has 26 heteroatoms. The van der Waals surface area contributed by atoms with Crippen molar-refractivity contribution in [1.29, 1.82) is 0 Å². The quantitative estimate of drug-likeness (QED) is 0.0983. The van der Waals surface area contributed by atoms with Gasteiger partial charge in [-0.3, -0.25) is 0 Å². The van der Waals surface area contributed by atoms with Crippen LogP contribution in [0.15, 0.2) is 72.8 Å². The van der Waals surface area contributed by atoms with Crippen LogP contribution in [0, 0.1) is 0 Å². The molecule has 3 aliphatic carbocycles. The van der Waals surface area contributed by atoms with Crippen molar-refractivity contribution in [3.63, 3.8) is 0 Å². The Kier molecular flexibility index (Phi) is 17.7. The molecule has 4 aromatic carbocycles. The second-order valence-electron chi connectivity index (χ2n) is 19.7. The molecule has 0 saturated heterocycles. The standard InChI is InChI=1S/C32H12BF24.C18H33P/c34-25(35,36)13-1-14(26(37,38)39)6-21(5-13)33(22-7-15(27(40,41)42)2-16(8-22)28(43,44)45,23-9-17(29(46,47)48)3-18(10-23)30(49,50)51)24-11-19(31(52,53)54)4-20(12-24)32(55,56)57;1-4-10-16(11-5-1)19(17-12-6-2-7-13-17)18-14-8-3-9-15-18/h1-12H;16-18H,1-15H2/q-1;/p+1. The first kappa shape index (κ1) is 60.9. The Morgan fingerprint density at radius 2 is 0.382 bits per heavy atom. The van der Waals surface area contributed by atoms with Crippen LogP contribution in [0.2, 0.25) is 0 Å². The van der Waals surface area contributed by atoms with Crippen LogP contribution in [0.25, 0.3) is 0 Å². The first-order valence-corrected chi connectivity index (χ1v) is 25.7. The summed E-state index contributed by atoms with van der Waals surface area (Å²) in [6, 6.07) is -8.81. The summed E-state index contributed by atoms with van der Waals surface area (Å²) in [5, 5.41) is 0. The molecular formula is C50H46BF24P. The highest BCUT2D eigenvalue weighted by atomic mass is 31.1. The van der Waals surface area contributed by atoms with Gasteiger partial charge < -0.3 is 0 Å². The van der Waals surface area contributed by atoms with Gasteiger partial charge in [0.05, 0.1) is 61.5 Å². The van der Waals surface area contributed by atoms with Gasteiger partial charge >= 0.3 is 49.4 Å². The molecule has 0 nitrogen and oxygen atoms in total. The van der Waals surface area contributed by atoms with Crippen LogP contribution in [0.1, 0.15) is 141 Å². The Labute approximate surface area is 420 Å². The molecule has 0 aliphatic heterocycles. The monoisotopic (exact) mass is 1140 g/mol. The molecule has 0 amide bonds. The van der Waals surface area contributed by atoms with E-state index < -0.39 is 195 Å². The van der Waals surface area contributed by atoms with Crippen molar-refractivity contribution in [2.75, 3.05) is 0 Å². The predicted octanol–water partition coefficient (Wildman–Crippen LogP) is 17.4. The number of benzene rings is 4. The fourth-order valence-electron chi connectivity index (χ4n) is 11.4. The van der Waals surface area contributed by atoms with E-state index in [1.807, 2.05) is 0 Å². The van der Waals surface area contributed by atoms with Crippen molar-refractivity contribution in [2.24, 2.45) is 0 Å². The largest absolute Gasteiger partial charge is 0.416 e. The summed E-state index contributed by atoms with van der Waals surface area (Å²) in [6.07, 6.45) is -31.0. The number of halogens is 24. The maximum atomic E-state index is 14.2. The number of rotatable bonds is 7. The number of hydrogen-bond donors (Lipinski definition) is 0. The lowest BCUT2D eigenvalue weighted by atomic mass is 9.12. The van der Waals surface area contributed by atoms with Crippen molar-refractivity contribution in [3.05, 3.63) is 117 Å². The van der Waals surface area contributed by atoms with Crippen LogP contribution < -0.4 is 21.9 Å². The zero-order valence-corrected chi connectivity index (χ0v) is 40.4. The molecule has 0 atom stereocenters. The molecule has 0 radical (unpaired) electrons. The van der Waals surface area contributed by atoms with Gasteiger partial charge in [-0.2, -0.15) is 127 Å². The van der Waals surface area contributed by atoms with Crippen molar-refractivity contribution in [1.82, 2.24) is 0 Å². The molecule has 0 N–H and O–H groups in total. The Morgan fingerprint density at radius 1 is 0.237 bits per heavy atom. The summed E-state index contributed by atoms with van der Waals surface area (Å²) in [5.41, 5.74) is -26.5. The number of hydrogen-bond acceptors (Lipinski definition) is 0. The van der Waals surface area contributed by atoms with Crippen LogP contribution in [-0.2, 0) is 49.4 Å². The minimum Gasteiger partial charge on any atom is -0.194 e. The van der Waals surface area contributed by atoms with E-state index in [-0.39, 0.29) is 7.92 Å². The van der Waals surface area contributed by atoms with E-state index in [1.54, 1.807) is 96.3 Å². The van der Waals surface area contributed by atoms with Crippen LogP contribution >= 0.6 is 7.92 Å². The van der Waals surface area contributed by atoms with Crippen molar-refractivity contribution >= 4 is 35.9 Å². The third-order valence-corrected chi connectivity index (χ3v) is 19.2. The third-order valence-electron chi connectivity index (χ3n) is 14.7. The van der Waals surface area contributed by atoms with Gasteiger partial charge in [0.25, 0.3) is 0 Å². The summed E-state index contributed by atoms with van der Waals surface area (Å²) in [5.74, 6) is 0. The fraction of sp³-hybridized carbons (Fsp3) is 0.520. The fourth-order valence-corrected chi connectivity index (χ4v) is 16.6. The van der Waals surface area contributed by atoms with E-state index in [1.165, 1.54) is 17.0 Å². The molecule has 3 saturated carbocycles. The second-order valence-corrected chi connectivity index (χ2v) is 23.2. The second kappa shape index (κ2) is 22.1. The van der Waals surface area contributed by atoms with Crippen molar-refractivity contribution in [2.45, 2.75) is 163 Å². The number of alkyl halides is 24. The molecule has 0 aromatic heterocycles. The molecule has 422 valence electrons. The molecule has 0 heterocycles. The minimum absolute atomic E-state index is 0.0465. The molecule has 3 fully saturated rings. The Balaban J connectivity index is 0.000000408. The Morgan fingerprint density at radius 3 is 0.513 bits per heavy atom.